The molecular formula is C18H18BrN3O2. The number of amides is 2. The fourth-order valence-electron chi connectivity index (χ4n) is 2.80. The molecule has 1 saturated heterocycles. The van der Waals surface area contributed by atoms with E-state index in [0.717, 1.165) is 17.3 Å². The molecular weight excluding hydrogens is 370 g/mol. The Kier molecular flexibility index (Phi) is 5.25. The van der Waals surface area contributed by atoms with E-state index in [4.69, 9.17) is 0 Å². The molecule has 2 aromatic rings. The molecule has 1 N–H and O–H groups in total. The van der Waals surface area contributed by atoms with E-state index < -0.39 is 0 Å². The van der Waals surface area contributed by atoms with Gasteiger partial charge in [-0.05, 0) is 53.0 Å². The smallest absolute Gasteiger partial charge is 0.254 e. The fourth-order valence-corrected chi connectivity index (χ4v) is 3.25. The van der Waals surface area contributed by atoms with Gasteiger partial charge in [-0.3, -0.25) is 14.6 Å². The first-order chi connectivity index (χ1) is 11.6. The summed E-state index contributed by atoms with van der Waals surface area (Å²) in [5.41, 5.74) is 1.24. The molecule has 1 aromatic carbocycles. The lowest BCUT2D eigenvalue weighted by Gasteiger charge is -2.32. The second-order valence-corrected chi connectivity index (χ2v) is 6.62. The van der Waals surface area contributed by atoms with Gasteiger partial charge in [-0.1, -0.05) is 12.1 Å². The Bertz CT molecular complexity index is 728. The van der Waals surface area contributed by atoms with Crippen molar-refractivity contribution < 1.29 is 9.59 Å². The zero-order valence-corrected chi connectivity index (χ0v) is 14.7. The zero-order chi connectivity index (χ0) is 16.9. The van der Waals surface area contributed by atoms with Gasteiger partial charge in [-0.2, -0.15) is 0 Å². The molecule has 3 rings (SSSR count). The SMILES string of the molecule is O=C(NC1CCN(C(=O)c2ccccc2Br)CC1)c1cccnc1. The summed E-state index contributed by atoms with van der Waals surface area (Å²) in [6.45, 7) is 1.27. The molecule has 6 heteroatoms. The second kappa shape index (κ2) is 7.57. The van der Waals surface area contributed by atoms with E-state index in [1.54, 1.807) is 24.5 Å². The minimum absolute atomic E-state index is 0.0273. The van der Waals surface area contributed by atoms with E-state index in [2.05, 4.69) is 26.2 Å². The highest BCUT2D eigenvalue weighted by molar-refractivity contribution is 9.10. The normalized spacial score (nSPS) is 15.1. The van der Waals surface area contributed by atoms with Crippen molar-refractivity contribution in [2.45, 2.75) is 18.9 Å². The average Bonchev–Trinajstić information content (AvgIpc) is 2.63. The molecule has 2 heterocycles. The standard InChI is InChI=1S/C18H18BrN3O2/c19-16-6-2-1-5-15(16)18(24)22-10-7-14(8-11-22)21-17(23)13-4-3-9-20-12-13/h1-6,9,12,14H,7-8,10-11H2,(H,21,23). The maximum atomic E-state index is 12.6. The summed E-state index contributed by atoms with van der Waals surface area (Å²) in [5, 5.41) is 3.02. The molecule has 1 aliphatic heterocycles. The van der Waals surface area contributed by atoms with Crippen LogP contribution in [0.25, 0.3) is 0 Å². The molecule has 0 spiro atoms. The Morgan fingerprint density at radius 2 is 1.88 bits per heavy atom. The molecule has 0 aliphatic carbocycles. The van der Waals surface area contributed by atoms with Crippen LogP contribution in [0.2, 0.25) is 0 Å². The fraction of sp³-hybridized carbons (Fsp3) is 0.278. The van der Waals surface area contributed by atoms with Crippen molar-refractivity contribution >= 4 is 27.7 Å². The second-order valence-electron chi connectivity index (χ2n) is 5.76. The molecule has 0 unspecified atom stereocenters. The van der Waals surface area contributed by atoms with E-state index >= 15 is 0 Å². The first-order valence-electron chi connectivity index (χ1n) is 7.90. The molecule has 0 bridgehead atoms. The Balaban J connectivity index is 1.55. The monoisotopic (exact) mass is 387 g/mol. The molecule has 0 radical (unpaired) electrons. The van der Waals surface area contributed by atoms with Crippen molar-refractivity contribution in [3.8, 4) is 0 Å². The van der Waals surface area contributed by atoms with Gasteiger partial charge in [0.15, 0.2) is 0 Å². The lowest BCUT2D eigenvalue weighted by molar-refractivity contribution is 0.0697. The van der Waals surface area contributed by atoms with E-state index in [-0.39, 0.29) is 17.9 Å². The van der Waals surface area contributed by atoms with Crippen molar-refractivity contribution in [2.75, 3.05) is 13.1 Å². The summed E-state index contributed by atoms with van der Waals surface area (Å²) >= 11 is 3.42. The van der Waals surface area contributed by atoms with Crippen molar-refractivity contribution in [1.29, 1.82) is 0 Å². The Morgan fingerprint density at radius 1 is 1.12 bits per heavy atom. The number of benzene rings is 1. The van der Waals surface area contributed by atoms with Crippen molar-refractivity contribution in [2.24, 2.45) is 0 Å². The number of piperidine rings is 1. The topological polar surface area (TPSA) is 62.3 Å². The van der Waals surface area contributed by atoms with Gasteiger partial charge in [0.25, 0.3) is 11.8 Å². The number of carbonyl (C=O) groups is 2. The van der Waals surface area contributed by atoms with Crippen LogP contribution in [-0.2, 0) is 0 Å². The number of hydrogen-bond donors (Lipinski definition) is 1. The van der Waals surface area contributed by atoms with Gasteiger partial charge in [-0.15, -0.1) is 0 Å². The molecule has 1 fully saturated rings. The van der Waals surface area contributed by atoms with Crippen molar-refractivity contribution in [3.63, 3.8) is 0 Å². The molecule has 2 amide bonds. The Morgan fingerprint density at radius 3 is 2.54 bits per heavy atom. The highest BCUT2D eigenvalue weighted by Gasteiger charge is 2.25. The zero-order valence-electron chi connectivity index (χ0n) is 13.1. The van der Waals surface area contributed by atoms with Gasteiger partial charge < -0.3 is 10.2 Å². The summed E-state index contributed by atoms with van der Waals surface area (Å²) in [6.07, 6.45) is 4.70. The number of nitrogens with zero attached hydrogens (tertiary/aromatic N) is 2. The predicted molar refractivity (Wildman–Crippen MR) is 94.8 cm³/mol. The third-order valence-corrected chi connectivity index (χ3v) is 4.84. The first-order valence-corrected chi connectivity index (χ1v) is 8.69. The predicted octanol–water partition coefficient (Wildman–Crippen LogP) is 2.88. The van der Waals surface area contributed by atoms with Crippen LogP contribution in [0.1, 0.15) is 33.6 Å². The maximum Gasteiger partial charge on any atom is 0.254 e. The van der Waals surface area contributed by atoms with Gasteiger partial charge in [0.2, 0.25) is 0 Å². The van der Waals surface area contributed by atoms with Gasteiger partial charge in [0.05, 0.1) is 11.1 Å². The summed E-state index contributed by atoms with van der Waals surface area (Å²) in [5.74, 6) is -0.0850. The first kappa shape index (κ1) is 16.6. The molecule has 0 atom stereocenters. The lowest BCUT2D eigenvalue weighted by atomic mass is 10.0. The molecule has 0 saturated carbocycles. The molecule has 124 valence electrons. The average molecular weight is 388 g/mol. The van der Waals surface area contributed by atoms with E-state index in [1.807, 2.05) is 29.2 Å². The molecule has 1 aliphatic rings. The Labute approximate surface area is 149 Å². The van der Waals surface area contributed by atoms with Crippen LogP contribution in [0.3, 0.4) is 0 Å². The molecule has 1 aromatic heterocycles. The van der Waals surface area contributed by atoms with Crippen molar-refractivity contribution in [1.82, 2.24) is 15.2 Å². The third-order valence-electron chi connectivity index (χ3n) is 4.15. The van der Waals surface area contributed by atoms with Crippen LogP contribution in [0, 0.1) is 0 Å². The van der Waals surface area contributed by atoms with Crippen LogP contribution >= 0.6 is 15.9 Å². The minimum Gasteiger partial charge on any atom is -0.349 e. The summed E-state index contributed by atoms with van der Waals surface area (Å²) in [4.78, 5) is 30.5. The molecule has 24 heavy (non-hydrogen) atoms. The third kappa shape index (κ3) is 3.82. The Hall–Kier alpha value is -2.21. The number of rotatable bonds is 3. The number of aromatic nitrogens is 1. The van der Waals surface area contributed by atoms with E-state index in [9.17, 15) is 9.59 Å². The van der Waals surface area contributed by atoms with Crippen LogP contribution in [0.4, 0.5) is 0 Å². The van der Waals surface area contributed by atoms with Crippen LogP contribution in [0.15, 0.2) is 53.3 Å². The number of halogens is 1. The van der Waals surface area contributed by atoms with Crippen LogP contribution in [0.5, 0.6) is 0 Å². The van der Waals surface area contributed by atoms with Gasteiger partial charge in [-0.25, -0.2) is 0 Å². The van der Waals surface area contributed by atoms with E-state index in [1.165, 1.54) is 0 Å². The number of pyridine rings is 1. The number of likely N-dealkylation sites (tertiary alicyclic amines) is 1. The van der Waals surface area contributed by atoms with E-state index in [0.29, 0.717) is 24.2 Å². The van der Waals surface area contributed by atoms with Gasteiger partial charge in [0.1, 0.15) is 0 Å². The quantitative estimate of drug-likeness (QED) is 0.880. The van der Waals surface area contributed by atoms with Gasteiger partial charge >= 0.3 is 0 Å². The lowest BCUT2D eigenvalue weighted by Crippen LogP contribution is -2.46. The van der Waals surface area contributed by atoms with Crippen LogP contribution < -0.4 is 5.32 Å². The largest absolute Gasteiger partial charge is 0.349 e. The van der Waals surface area contributed by atoms with Crippen LogP contribution in [-0.4, -0.2) is 40.8 Å². The maximum absolute atomic E-state index is 12.6. The highest BCUT2D eigenvalue weighted by Crippen LogP contribution is 2.20. The summed E-state index contributed by atoms with van der Waals surface area (Å²) in [7, 11) is 0. The molecule has 5 nitrogen and oxygen atoms in total. The number of hydrogen-bond acceptors (Lipinski definition) is 3. The number of carbonyl (C=O) groups excluding carboxylic acids is 2. The highest BCUT2D eigenvalue weighted by atomic mass is 79.9. The summed E-state index contributed by atoms with van der Waals surface area (Å²) < 4.78 is 0.807. The summed E-state index contributed by atoms with van der Waals surface area (Å²) in [6, 6.07) is 11.0. The minimum atomic E-state index is -0.112. The number of nitrogens with one attached hydrogen (secondary N) is 1. The van der Waals surface area contributed by atoms with Crippen molar-refractivity contribution in [3.05, 3.63) is 64.4 Å². The van der Waals surface area contributed by atoms with Gasteiger partial charge in [0, 0.05) is 36.0 Å².